The van der Waals surface area contributed by atoms with Gasteiger partial charge in [-0.2, -0.15) is 0 Å². The predicted octanol–water partition coefficient (Wildman–Crippen LogP) is 6.05. The van der Waals surface area contributed by atoms with Gasteiger partial charge in [-0.05, 0) is 61.1 Å². The lowest BCUT2D eigenvalue weighted by atomic mass is 9.33. The summed E-state index contributed by atoms with van der Waals surface area (Å²) in [5.41, 5.74) is 1.93. The third-order valence-corrected chi connectivity index (χ3v) is 7.89. The van der Waals surface area contributed by atoms with E-state index in [1.165, 1.54) is 12.1 Å². The van der Waals surface area contributed by atoms with Gasteiger partial charge >= 0.3 is 0 Å². The van der Waals surface area contributed by atoms with E-state index in [2.05, 4.69) is 5.16 Å². The van der Waals surface area contributed by atoms with Crippen LogP contribution in [0, 0.1) is 11.2 Å². The number of aliphatic hydroxyl groups excluding tert-OH is 1. The van der Waals surface area contributed by atoms with Crippen molar-refractivity contribution in [2.75, 3.05) is 0 Å². The fourth-order valence-corrected chi connectivity index (χ4v) is 6.16. The molecule has 33 heavy (non-hydrogen) atoms. The number of hydrogen-bond donors (Lipinski definition) is 1. The Hall–Kier alpha value is -2.41. The van der Waals surface area contributed by atoms with Crippen LogP contribution in [0.3, 0.4) is 0 Å². The number of hydrogen-bond acceptors (Lipinski definition) is 5. The topological polar surface area (TPSA) is 72.6 Å². The van der Waals surface area contributed by atoms with Crippen molar-refractivity contribution in [2.24, 2.45) is 5.41 Å². The molecule has 3 aliphatic carbocycles. The van der Waals surface area contributed by atoms with Gasteiger partial charge in [0.1, 0.15) is 11.6 Å². The first kappa shape index (κ1) is 21.1. The van der Waals surface area contributed by atoms with Crippen molar-refractivity contribution in [1.29, 1.82) is 0 Å². The number of fused-ring (bicyclic) bond motifs is 1. The minimum atomic E-state index is -0.771. The van der Waals surface area contributed by atoms with Crippen LogP contribution >= 0.6 is 23.2 Å². The fraction of sp³-hybridized carbons (Fsp3) is 0.360. The Morgan fingerprint density at radius 3 is 2.70 bits per heavy atom. The van der Waals surface area contributed by atoms with Crippen molar-refractivity contribution in [3.63, 3.8) is 0 Å². The van der Waals surface area contributed by atoms with Crippen molar-refractivity contribution in [1.82, 2.24) is 5.16 Å². The highest BCUT2D eigenvalue weighted by Gasteiger charge is 2.69. The summed E-state index contributed by atoms with van der Waals surface area (Å²) in [6, 6.07) is 11.4. The van der Waals surface area contributed by atoms with E-state index in [-0.39, 0.29) is 28.1 Å². The van der Waals surface area contributed by atoms with E-state index in [4.69, 9.17) is 32.5 Å². The molecule has 2 atom stereocenters. The average Bonchev–Trinajstić information content (AvgIpc) is 3.21. The van der Waals surface area contributed by atoms with Crippen LogP contribution in [0.1, 0.15) is 49.5 Å². The molecule has 1 N–H and O–H groups in total. The van der Waals surface area contributed by atoms with E-state index < -0.39 is 18.0 Å². The highest BCUT2D eigenvalue weighted by molar-refractivity contribution is 6.31. The van der Waals surface area contributed by atoms with Gasteiger partial charge < -0.3 is 14.4 Å². The zero-order valence-electron chi connectivity index (χ0n) is 17.5. The van der Waals surface area contributed by atoms with E-state index in [1.807, 2.05) is 6.07 Å². The molecule has 3 aromatic rings. The Labute approximate surface area is 199 Å². The van der Waals surface area contributed by atoms with Crippen LogP contribution in [0.5, 0.6) is 5.75 Å². The summed E-state index contributed by atoms with van der Waals surface area (Å²) in [5, 5.41) is 15.3. The highest BCUT2D eigenvalue weighted by atomic mass is 35.5. The molecule has 8 heteroatoms. The molecule has 0 spiro atoms. The number of aromatic nitrogens is 1. The van der Waals surface area contributed by atoms with E-state index in [9.17, 15) is 14.3 Å². The molecule has 0 radical (unpaired) electrons. The van der Waals surface area contributed by atoms with Gasteiger partial charge in [-0.3, -0.25) is 4.79 Å². The molecule has 0 amide bonds. The van der Waals surface area contributed by atoms with Gasteiger partial charge in [0.2, 0.25) is 0 Å². The quantitative estimate of drug-likeness (QED) is 0.473. The van der Waals surface area contributed by atoms with Crippen molar-refractivity contribution >= 4 is 29.0 Å². The van der Waals surface area contributed by atoms with Crippen LogP contribution in [0.25, 0.3) is 11.3 Å². The molecule has 3 fully saturated rings. The van der Waals surface area contributed by atoms with Crippen LogP contribution in [0.4, 0.5) is 4.39 Å². The number of halogens is 3. The minimum absolute atomic E-state index is 0.0143. The van der Waals surface area contributed by atoms with Gasteiger partial charge in [0.15, 0.2) is 17.6 Å². The smallest absolute Gasteiger partial charge is 0.173 e. The van der Waals surface area contributed by atoms with Crippen molar-refractivity contribution < 1.29 is 23.6 Å². The van der Waals surface area contributed by atoms with Crippen molar-refractivity contribution in [3.05, 3.63) is 69.6 Å². The summed E-state index contributed by atoms with van der Waals surface area (Å²) < 4.78 is 25.1. The molecule has 2 bridgehead atoms. The minimum Gasteiger partial charge on any atom is -0.482 e. The normalized spacial score (nSPS) is 29.5. The molecule has 1 aromatic heterocycles. The Balaban J connectivity index is 1.11. The van der Waals surface area contributed by atoms with Crippen LogP contribution < -0.4 is 4.74 Å². The number of ether oxygens (including phenoxy) is 1. The molecule has 0 unspecified atom stereocenters. The summed E-state index contributed by atoms with van der Waals surface area (Å²) in [6.45, 7) is 0. The maximum Gasteiger partial charge on any atom is 0.173 e. The molecule has 5 nitrogen and oxygen atoms in total. The largest absolute Gasteiger partial charge is 0.482 e. The summed E-state index contributed by atoms with van der Waals surface area (Å²) in [5.74, 6) is 0.523. The third-order valence-electron chi connectivity index (χ3n) is 7.34. The number of carbonyl (C=O) groups excluding carboxylic acids is 1. The molecular formula is C25H20Cl2FNO4. The first-order valence-electron chi connectivity index (χ1n) is 10.9. The fourth-order valence-electron chi connectivity index (χ4n) is 5.87. The molecule has 4 aliphatic rings. The highest BCUT2D eigenvalue weighted by Crippen LogP contribution is 2.75. The lowest BCUT2D eigenvalue weighted by Crippen LogP contribution is -2.65. The van der Waals surface area contributed by atoms with Gasteiger partial charge in [0.25, 0.3) is 0 Å². The van der Waals surface area contributed by atoms with Gasteiger partial charge in [-0.25, -0.2) is 4.39 Å². The zero-order valence-corrected chi connectivity index (χ0v) is 19.0. The Kier molecular flexibility index (Phi) is 4.67. The molecular weight excluding hydrogens is 468 g/mol. The van der Waals surface area contributed by atoms with Crippen LogP contribution in [-0.2, 0) is 10.2 Å². The zero-order chi connectivity index (χ0) is 23.0. The maximum absolute atomic E-state index is 13.8. The molecule has 7 rings (SSSR count). The molecule has 2 aromatic carbocycles. The predicted molar refractivity (Wildman–Crippen MR) is 120 cm³/mol. The number of rotatable bonds is 5. The summed E-state index contributed by atoms with van der Waals surface area (Å²) in [7, 11) is 0. The van der Waals surface area contributed by atoms with Crippen LogP contribution in [-0.4, -0.2) is 22.2 Å². The monoisotopic (exact) mass is 487 g/mol. The molecule has 3 saturated carbocycles. The summed E-state index contributed by atoms with van der Waals surface area (Å²) in [4.78, 5) is 13.0. The molecule has 0 saturated heterocycles. The van der Waals surface area contributed by atoms with Crippen molar-refractivity contribution in [3.8, 4) is 17.1 Å². The summed E-state index contributed by atoms with van der Waals surface area (Å²) >= 11 is 11.8. The van der Waals surface area contributed by atoms with E-state index in [1.54, 1.807) is 24.3 Å². The molecule has 2 heterocycles. The second-order valence-electron chi connectivity index (χ2n) is 9.70. The van der Waals surface area contributed by atoms with Gasteiger partial charge in [0.05, 0.1) is 16.8 Å². The third kappa shape index (κ3) is 3.38. The first-order chi connectivity index (χ1) is 15.8. The second-order valence-corrected chi connectivity index (χ2v) is 10.5. The number of ketones is 1. The molecule has 1 aliphatic heterocycles. The van der Waals surface area contributed by atoms with E-state index in [0.717, 1.165) is 25.0 Å². The number of nitrogens with zero attached hydrogens (tertiary/aromatic N) is 1. The average molecular weight is 488 g/mol. The first-order valence-corrected chi connectivity index (χ1v) is 11.6. The maximum atomic E-state index is 13.8. The SMILES string of the molecule is O=C(CC12CC(c3cc(-c4ccc(Cl)c(F)c4)on3)(C1)C2)[C@@H]1C[C@@H](O)c2cc(Cl)ccc2O1. The lowest BCUT2D eigenvalue weighted by molar-refractivity contribution is -0.165. The standard InChI is InChI=1S/C25H20Cl2FNO4/c26-14-2-4-20-15(6-14)18(30)7-22(32-20)19(31)9-24-10-25(11-24,12-24)23-8-21(33-29-23)13-1-3-16(27)17(28)5-13/h1-6,8,18,22,30H,7,9-12H2/t18-,22+,24?,25?/m1/s1. The van der Waals surface area contributed by atoms with E-state index in [0.29, 0.717) is 34.1 Å². The van der Waals surface area contributed by atoms with Crippen LogP contribution in [0.2, 0.25) is 10.0 Å². The Morgan fingerprint density at radius 2 is 1.94 bits per heavy atom. The number of carbonyl (C=O) groups is 1. The number of aliphatic hydroxyl groups is 1. The van der Waals surface area contributed by atoms with Gasteiger partial charge in [0, 0.05) is 40.5 Å². The van der Waals surface area contributed by atoms with Gasteiger partial charge in [-0.15, -0.1) is 0 Å². The molecule has 170 valence electrons. The number of benzene rings is 2. The lowest BCUT2D eigenvalue weighted by Gasteiger charge is -2.70. The van der Waals surface area contributed by atoms with Gasteiger partial charge in [-0.1, -0.05) is 28.4 Å². The van der Waals surface area contributed by atoms with Crippen molar-refractivity contribution in [2.45, 2.75) is 49.7 Å². The summed E-state index contributed by atoms with van der Waals surface area (Å²) in [6.07, 6.45) is 1.79. The van der Waals surface area contributed by atoms with Crippen LogP contribution in [0.15, 0.2) is 47.0 Å². The van der Waals surface area contributed by atoms with E-state index >= 15 is 0 Å². The Morgan fingerprint density at radius 1 is 1.15 bits per heavy atom. The number of Topliss-reactive ketones (excluding diaryl/α,β-unsaturated/α-hetero) is 1. The Bertz CT molecular complexity index is 1270. The second kappa shape index (κ2) is 7.29.